The summed E-state index contributed by atoms with van der Waals surface area (Å²) >= 11 is 0. The molecular formula is C15H20N2O. The van der Waals surface area contributed by atoms with Gasteiger partial charge in [-0.25, -0.2) is 5.43 Å². The Labute approximate surface area is 108 Å². The van der Waals surface area contributed by atoms with E-state index >= 15 is 0 Å². The van der Waals surface area contributed by atoms with Gasteiger partial charge in [-0.15, -0.1) is 0 Å². The molecule has 2 rings (SSSR count). The van der Waals surface area contributed by atoms with E-state index in [0.717, 1.165) is 29.9 Å². The minimum atomic E-state index is -0.0863. The maximum Gasteiger partial charge on any atom is 0.126 e. The molecule has 0 radical (unpaired) electrons. The number of aryl methyl sites for hydroxylation is 2. The molecule has 1 atom stereocenters. The van der Waals surface area contributed by atoms with Crippen LogP contribution < -0.4 is 11.3 Å². The second-order valence-corrected chi connectivity index (χ2v) is 4.36. The lowest BCUT2D eigenvalue weighted by Crippen LogP contribution is -2.28. The van der Waals surface area contributed by atoms with Gasteiger partial charge >= 0.3 is 0 Å². The van der Waals surface area contributed by atoms with Crippen molar-refractivity contribution in [1.82, 2.24) is 5.43 Å². The first-order valence-electron chi connectivity index (χ1n) is 6.42. The summed E-state index contributed by atoms with van der Waals surface area (Å²) in [7, 11) is 0. The average molecular weight is 244 g/mol. The Balaban J connectivity index is 2.32. The Hall–Kier alpha value is -1.58. The summed E-state index contributed by atoms with van der Waals surface area (Å²) in [5, 5.41) is 0. The first-order chi connectivity index (χ1) is 8.78. The van der Waals surface area contributed by atoms with Gasteiger partial charge < -0.3 is 4.42 Å². The average Bonchev–Trinajstić information content (AvgIpc) is 2.88. The number of nitrogens with one attached hydrogen (secondary N) is 1. The van der Waals surface area contributed by atoms with Gasteiger partial charge in [-0.1, -0.05) is 38.1 Å². The predicted octanol–water partition coefficient (Wildman–Crippen LogP) is 2.96. The van der Waals surface area contributed by atoms with E-state index < -0.39 is 0 Å². The van der Waals surface area contributed by atoms with Gasteiger partial charge in [0.25, 0.3) is 0 Å². The lowest BCUT2D eigenvalue weighted by molar-refractivity contribution is 0.425. The molecule has 1 aromatic heterocycles. The molecule has 0 amide bonds. The van der Waals surface area contributed by atoms with Crippen LogP contribution in [0.5, 0.6) is 0 Å². The van der Waals surface area contributed by atoms with E-state index in [-0.39, 0.29) is 6.04 Å². The van der Waals surface area contributed by atoms with E-state index in [9.17, 15) is 0 Å². The zero-order chi connectivity index (χ0) is 13.0. The van der Waals surface area contributed by atoms with Crippen molar-refractivity contribution in [2.45, 2.75) is 32.7 Å². The van der Waals surface area contributed by atoms with Crippen LogP contribution in [0.4, 0.5) is 0 Å². The molecule has 1 heterocycles. The minimum absolute atomic E-state index is 0.0863. The highest BCUT2D eigenvalue weighted by Crippen LogP contribution is 2.24. The van der Waals surface area contributed by atoms with Gasteiger partial charge in [0.2, 0.25) is 0 Å². The fourth-order valence-corrected chi connectivity index (χ4v) is 2.07. The van der Waals surface area contributed by atoms with Crippen molar-refractivity contribution in [1.29, 1.82) is 0 Å². The van der Waals surface area contributed by atoms with Crippen LogP contribution in [0.3, 0.4) is 0 Å². The fourth-order valence-electron chi connectivity index (χ4n) is 2.07. The Morgan fingerprint density at radius 1 is 1.17 bits per heavy atom. The molecule has 1 unspecified atom stereocenters. The van der Waals surface area contributed by atoms with Crippen molar-refractivity contribution in [3.8, 4) is 0 Å². The smallest absolute Gasteiger partial charge is 0.126 e. The second-order valence-electron chi connectivity index (χ2n) is 4.36. The topological polar surface area (TPSA) is 51.2 Å². The summed E-state index contributed by atoms with van der Waals surface area (Å²) in [5.41, 5.74) is 5.26. The number of furan rings is 1. The molecule has 0 aliphatic heterocycles. The summed E-state index contributed by atoms with van der Waals surface area (Å²) in [5.74, 6) is 7.52. The molecule has 3 nitrogen and oxygen atoms in total. The van der Waals surface area contributed by atoms with E-state index in [4.69, 9.17) is 10.3 Å². The highest BCUT2D eigenvalue weighted by molar-refractivity contribution is 5.31. The standard InChI is InChI=1S/C15H20N2O/c1-3-11-6-5-7-12(10-11)15(17-16)14-9-8-13(4-2)18-14/h5-10,15,17H,3-4,16H2,1-2H3. The van der Waals surface area contributed by atoms with E-state index in [1.54, 1.807) is 0 Å². The van der Waals surface area contributed by atoms with Crippen molar-refractivity contribution >= 4 is 0 Å². The Morgan fingerprint density at radius 2 is 2.00 bits per heavy atom. The van der Waals surface area contributed by atoms with E-state index in [1.165, 1.54) is 5.56 Å². The van der Waals surface area contributed by atoms with Crippen LogP contribution in [0.2, 0.25) is 0 Å². The van der Waals surface area contributed by atoms with Gasteiger partial charge in [0.15, 0.2) is 0 Å². The molecule has 3 heteroatoms. The Kier molecular flexibility index (Phi) is 4.18. The largest absolute Gasteiger partial charge is 0.464 e. The van der Waals surface area contributed by atoms with Gasteiger partial charge in [0, 0.05) is 6.42 Å². The zero-order valence-electron chi connectivity index (χ0n) is 10.9. The molecule has 0 bridgehead atoms. The number of nitrogens with two attached hydrogens (primary N) is 1. The summed E-state index contributed by atoms with van der Waals surface area (Å²) < 4.78 is 5.77. The summed E-state index contributed by atoms with van der Waals surface area (Å²) in [6, 6.07) is 12.3. The fraction of sp³-hybridized carbons (Fsp3) is 0.333. The third-order valence-electron chi connectivity index (χ3n) is 3.17. The zero-order valence-corrected chi connectivity index (χ0v) is 10.9. The lowest BCUT2D eigenvalue weighted by atomic mass is 10.0. The Morgan fingerprint density at radius 3 is 2.61 bits per heavy atom. The van der Waals surface area contributed by atoms with E-state index in [0.29, 0.717) is 0 Å². The number of hydrogen-bond donors (Lipinski definition) is 2. The third-order valence-corrected chi connectivity index (χ3v) is 3.17. The van der Waals surface area contributed by atoms with Crippen molar-refractivity contribution in [2.24, 2.45) is 5.84 Å². The van der Waals surface area contributed by atoms with Crippen molar-refractivity contribution in [3.05, 3.63) is 59.0 Å². The van der Waals surface area contributed by atoms with Crippen LogP contribution >= 0.6 is 0 Å². The van der Waals surface area contributed by atoms with Crippen LogP contribution in [0.15, 0.2) is 40.8 Å². The van der Waals surface area contributed by atoms with E-state index in [1.807, 2.05) is 12.1 Å². The lowest BCUT2D eigenvalue weighted by Gasteiger charge is -2.14. The summed E-state index contributed by atoms with van der Waals surface area (Å²) in [4.78, 5) is 0. The first-order valence-corrected chi connectivity index (χ1v) is 6.42. The quantitative estimate of drug-likeness (QED) is 0.628. The maximum absolute atomic E-state index is 5.77. The minimum Gasteiger partial charge on any atom is -0.464 e. The van der Waals surface area contributed by atoms with Crippen LogP contribution in [0.1, 0.15) is 42.5 Å². The molecule has 18 heavy (non-hydrogen) atoms. The molecule has 0 aliphatic carbocycles. The molecule has 2 aromatic rings. The predicted molar refractivity (Wildman–Crippen MR) is 73.1 cm³/mol. The number of hydrogen-bond acceptors (Lipinski definition) is 3. The molecule has 1 aromatic carbocycles. The SMILES string of the molecule is CCc1cccc(C(NN)c2ccc(CC)o2)c1. The normalized spacial score (nSPS) is 12.6. The van der Waals surface area contributed by atoms with Gasteiger partial charge in [-0.3, -0.25) is 5.84 Å². The van der Waals surface area contributed by atoms with Crippen LogP contribution in [0, 0.1) is 0 Å². The van der Waals surface area contributed by atoms with Crippen molar-refractivity contribution in [3.63, 3.8) is 0 Å². The number of hydrazine groups is 1. The molecule has 96 valence electrons. The van der Waals surface area contributed by atoms with Gasteiger partial charge in [0.1, 0.15) is 17.6 Å². The highest BCUT2D eigenvalue weighted by Gasteiger charge is 2.16. The van der Waals surface area contributed by atoms with Crippen molar-refractivity contribution in [2.75, 3.05) is 0 Å². The van der Waals surface area contributed by atoms with Crippen LogP contribution in [0.25, 0.3) is 0 Å². The maximum atomic E-state index is 5.77. The molecule has 0 fully saturated rings. The molecule has 0 saturated heterocycles. The molecule has 0 aliphatic rings. The summed E-state index contributed by atoms with van der Waals surface area (Å²) in [6.07, 6.45) is 1.91. The Bertz CT molecular complexity index is 505. The molecule has 3 N–H and O–H groups in total. The van der Waals surface area contributed by atoms with Crippen LogP contribution in [-0.2, 0) is 12.8 Å². The second kappa shape index (κ2) is 5.85. The summed E-state index contributed by atoms with van der Waals surface area (Å²) in [6.45, 7) is 4.22. The molecular weight excluding hydrogens is 224 g/mol. The monoisotopic (exact) mass is 244 g/mol. The highest BCUT2D eigenvalue weighted by atomic mass is 16.3. The first kappa shape index (κ1) is 12.9. The molecule has 0 spiro atoms. The molecule has 0 saturated carbocycles. The van der Waals surface area contributed by atoms with Crippen LogP contribution in [-0.4, -0.2) is 0 Å². The number of benzene rings is 1. The number of rotatable bonds is 5. The van der Waals surface area contributed by atoms with Crippen molar-refractivity contribution < 1.29 is 4.42 Å². The van der Waals surface area contributed by atoms with E-state index in [2.05, 4.69) is 43.5 Å². The van der Waals surface area contributed by atoms with Gasteiger partial charge in [-0.05, 0) is 29.7 Å². The van der Waals surface area contributed by atoms with Gasteiger partial charge in [-0.2, -0.15) is 0 Å². The van der Waals surface area contributed by atoms with Gasteiger partial charge in [0.05, 0.1) is 0 Å². The third kappa shape index (κ3) is 2.63.